The Kier molecular flexibility index (Phi) is 9.01. The lowest BCUT2D eigenvalue weighted by Crippen LogP contribution is -2.40. The molecule has 0 aromatic heterocycles. The van der Waals surface area contributed by atoms with Crippen molar-refractivity contribution in [3.05, 3.63) is 46.8 Å². The number of ether oxygens (including phenoxy) is 3. The van der Waals surface area contributed by atoms with Crippen molar-refractivity contribution in [2.45, 2.75) is 79.4 Å². The predicted molar refractivity (Wildman–Crippen MR) is 122 cm³/mol. The fourth-order valence-corrected chi connectivity index (χ4v) is 4.69. The van der Waals surface area contributed by atoms with Crippen molar-refractivity contribution >= 4 is 11.8 Å². The topological polar surface area (TPSA) is 61.8 Å². The van der Waals surface area contributed by atoms with Crippen LogP contribution in [0.2, 0.25) is 0 Å². The van der Waals surface area contributed by atoms with Gasteiger partial charge >= 0.3 is 5.97 Å². The van der Waals surface area contributed by atoms with Crippen LogP contribution in [0.15, 0.2) is 46.8 Å². The van der Waals surface area contributed by atoms with Crippen molar-refractivity contribution in [1.82, 2.24) is 0 Å². The molecule has 2 aliphatic rings. The summed E-state index contributed by atoms with van der Waals surface area (Å²) in [6.45, 7) is 12.3. The van der Waals surface area contributed by atoms with Crippen LogP contribution in [0.25, 0.3) is 0 Å². The third-order valence-corrected chi connectivity index (χ3v) is 6.17. The van der Waals surface area contributed by atoms with Crippen LogP contribution < -0.4 is 0 Å². The minimum absolute atomic E-state index is 0.00538. The Labute approximate surface area is 187 Å². The van der Waals surface area contributed by atoms with Crippen LogP contribution in [0, 0.1) is 11.3 Å². The molecule has 0 spiro atoms. The third kappa shape index (κ3) is 6.75. The van der Waals surface area contributed by atoms with Crippen LogP contribution in [0.4, 0.5) is 0 Å². The zero-order chi connectivity index (χ0) is 23.2. The number of Topliss-reactive ketones (excluding diaryl/α,β-unsaturated/α-hetero) is 1. The van der Waals surface area contributed by atoms with Gasteiger partial charge in [0.05, 0.1) is 25.1 Å². The van der Waals surface area contributed by atoms with Crippen LogP contribution in [-0.2, 0) is 23.8 Å². The zero-order valence-electron chi connectivity index (χ0n) is 20.1. The highest BCUT2D eigenvalue weighted by molar-refractivity contribution is 5.83. The van der Waals surface area contributed by atoms with E-state index in [1.807, 2.05) is 19.9 Å². The Hall–Kier alpha value is -1.98. The van der Waals surface area contributed by atoms with Gasteiger partial charge in [-0.25, -0.2) is 4.79 Å². The molecule has 2 rings (SSSR count). The average Bonchev–Trinajstić information content (AvgIpc) is 3.05. The molecule has 0 amide bonds. The average molecular weight is 431 g/mol. The molecule has 172 valence electrons. The first-order valence-corrected chi connectivity index (χ1v) is 11.1. The minimum atomic E-state index is -0.384. The standard InChI is InChI=1S/C26H38O5/c1-17(2)9-8-11-26(6)15-23(29-7)20-16-31-22(14-19(5)27)25(20)21(26)10-12-30-24(28)13-18(3)4/h9-10,12-13,21-23H,8,11,14-16H2,1-7H3/b12-10+/t21-,22-,23+,26-/m0/s1. The molecule has 1 heterocycles. The Morgan fingerprint density at radius 3 is 2.45 bits per heavy atom. The van der Waals surface area contributed by atoms with Gasteiger partial charge in [0.25, 0.3) is 0 Å². The molecular formula is C26H38O5. The molecule has 1 aliphatic carbocycles. The summed E-state index contributed by atoms with van der Waals surface area (Å²) in [6.07, 6.45) is 10.0. The van der Waals surface area contributed by atoms with E-state index in [1.54, 1.807) is 14.0 Å². The van der Waals surface area contributed by atoms with Gasteiger partial charge in [-0.3, -0.25) is 4.79 Å². The van der Waals surface area contributed by atoms with E-state index in [2.05, 4.69) is 26.8 Å². The number of ketones is 1. The van der Waals surface area contributed by atoms with Gasteiger partial charge in [0.15, 0.2) is 0 Å². The van der Waals surface area contributed by atoms with Gasteiger partial charge in [-0.1, -0.05) is 24.1 Å². The van der Waals surface area contributed by atoms with Crippen LogP contribution >= 0.6 is 0 Å². The zero-order valence-corrected chi connectivity index (χ0v) is 20.1. The fourth-order valence-electron chi connectivity index (χ4n) is 4.69. The molecule has 0 radical (unpaired) electrons. The third-order valence-electron chi connectivity index (χ3n) is 6.17. The maximum absolute atomic E-state index is 12.0. The predicted octanol–water partition coefficient (Wildman–Crippen LogP) is 5.47. The molecule has 5 heteroatoms. The molecule has 31 heavy (non-hydrogen) atoms. The second-order valence-corrected chi connectivity index (χ2v) is 9.55. The Bertz CT molecular complexity index is 793. The lowest BCUT2D eigenvalue weighted by atomic mass is 9.61. The Morgan fingerprint density at radius 2 is 1.87 bits per heavy atom. The lowest BCUT2D eigenvalue weighted by Gasteiger charge is -2.45. The van der Waals surface area contributed by atoms with E-state index in [4.69, 9.17) is 14.2 Å². The molecule has 0 fully saturated rings. The Balaban J connectivity index is 2.42. The summed E-state index contributed by atoms with van der Waals surface area (Å²) >= 11 is 0. The van der Waals surface area contributed by atoms with Crippen molar-refractivity contribution in [3.63, 3.8) is 0 Å². The number of hydrogen-bond donors (Lipinski definition) is 0. The maximum Gasteiger partial charge on any atom is 0.335 e. The van der Waals surface area contributed by atoms with Gasteiger partial charge in [-0.05, 0) is 76.5 Å². The highest BCUT2D eigenvalue weighted by Gasteiger charge is 2.48. The maximum atomic E-state index is 12.0. The van der Waals surface area contributed by atoms with Crippen molar-refractivity contribution in [1.29, 1.82) is 0 Å². The quantitative estimate of drug-likeness (QED) is 0.210. The van der Waals surface area contributed by atoms with Gasteiger partial charge in [0, 0.05) is 25.5 Å². The highest BCUT2D eigenvalue weighted by atomic mass is 16.5. The van der Waals surface area contributed by atoms with Gasteiger partial charge < -0.3 is 14.2 Å². The molecule has 0 bridgehead atoms. The summed E-state index contributed by atoms with van der Waals surface area (Å²) in [5.41, 5.74) is 4.33. The summed E-state index contributed by atoms with van der Waals surface area (Å²) in [7, 11) is 1.74. The normalized spacial score (nSPS) is 27.8. The summed E-state index contributed by atoms with van der Waals surface area (Å²) in [6, 6.07) is 0. The first kappa shape index (κ1) is 25.3. The van der Waals surface area contributed by atoms with Crippen molar-refractivity contribution in [2.24, 2.45) is 11.3 Å². The summed E-state index contributed by atoms with van der Waals surface area (Å²) in [5, 5.41) is 0. The molecule has 0 aromatic rings. The van der Waals surface area contributed by atoms with E-state index in [9.17, 15) is 9.59 Å². The van der Waals surface area contributed by atoms with Gasteiger partial charge in [0.1, 0.15) is 5.78 Å². The van der Waals surface area contributed by atoms with Crippen molar-refractivity contribution in [2.75, 3.05) is 13.7 Å². The van der Waals surface area contributed by atoms with Crippen LogP contribution in [0.5, 0.6) is 0 Å². The molecule has 0 N–H and O–H groups in total. The molecule has 0 aromatic carbocycles. The van der Waals surface area contributed by atoms with Crippen molar-refractivity contribution in [3.8, 4) is 0 Å². The minimum Gasteiger partial charge on any atom is -0.432 e. The van der Waals surface area contributed by atoms with Gasteiger partial charge in [0.2, 0.25) is 0 Å². The van der Waals surface area contributed by atoms with E-state index in [0.717, 1.165) is 36.0 Å². The van der Waals surface area contributed by atoms with Crippen molar-refractivity contribution < 1.29 is 23.8 Å². The molecule has 4 atom stereocenters. The molecule has 0 saturated carbocycles. The first-order chi connectivity index (χ1) is 14.6. The molecule has 0 unspecified atom stereocenters. The molecule has 0 saturated heterocycles. The Morgan fingerprint density at radius 1 is 1.16 bits per heavy atom. The molecular weight excluding hydrogens is 392 g/mol. The summed E-state index contributed by atoms with van der Waals surface area (Å²) in [4.78, 5) is 23.9. The van der Waals surface area contributed by atoms with E-state index in [0.29, 0.717) is 13.0 Å². The fraction of sp³-hybridized carbons (Fsp3) is 0.615. The number of hydrogen-bond acceptors (Lipinski definition) is 5. The van der Waals surface area contributed by atoms with Crippen LogP contribution in [-0.4, -0.2) is 37.7 Å². The lowest BCUT2D eigenvalue weighted by molar-refractivity contribution is -0.132. The van der Waals surface area contributed by atoms with E-state index < -0.39 is 0 Å². The van der Waals surface area contributed by atoms with E-state index >= 15 is 0 Å². The second-order valence-electron chi connectivity index (χ2n) is 9.55. The smallest absolute Gasteiger partial charge is 0.335 e. The number of allylic oxidation sites excluding steroid dienone is 4. The monoisotopic (exact) mass is 430 g/mol. The first-order valence-electron chi connectivity index (χ1n) is 11.1. The van der Waals surface area contributed by atoms with Crippen LogP contribution in [0.3, 0.4) is 0 Å². The molecule has 5 nitrogen and oxygen atoms in total. The number of carbonyl (C=O) groups is 2. The number of carbonyl (C=O) groups excluding carboxylic acids is 2. The van der Waals surface area contributed by atoms with Gasteiger partial charge in [-0.15, -0.1) is 0 Å². The number of esters is 1. The molecule has 1 aliphatic heterocycles. The highest BCUT2D eigenvalue weighted by Crippen LogP contribution is 2.52. The SMILES string of the molecule is CO[C@@H]1C[C@](C)(CCC=C(C)C)[C@@H](/C=C/OC(=O)C=C(C)C)C2=C1CO[C@H]2CC(C)=O. The van der Waals surface area contributed by atoms with Crippen LogP contribution in [0.1, 0.15) is 67.2 Å². The number of methoxy groups -OCH3 is 1. The van der Waals surface area contributed by atoms with E-state index in [1.165, 1.54) is 17.9 Å². The second kappa shape index (κ2) is 11.1. The largest absolute Gasteiger partial charge is 0.432 e. The summed E-state index contributed by atoms with van der Waals surface area (Å²) in [5.74, 6) is -0.279. The van der Waals surface area contributed by atoms with E-state index in [-0.39, 0.29) is 35.3 Å². The number of rotatable bonds is 9. The summed E-state index contributed by atoms with van der Waals surface area (Å²) < 4.78 is 17.3. The van der Waals surface area contributed by atoms with Gasteiger partial charge in [-0.2, -0.15) is 0 Å².